The number of nitrogens with zero attached hydrogens (tertiary/aromatic N) is 1. The molecule has 2 heteroatoms. The molecule has 94 valence electrons. The molecule has 2 rings (SSSR count). The van der Waals surface area contributed by atoms with Gasteiger partial charge in [-0.25, -0.2) is 0 Å². The van der Waals surface area contributed by atoms with Crippen LogP contribution < -0.4 is 5.32 Å². The Kier molecular flexibility index (Phi) is 5.02. The first-order chi connectivity index (χ1) is 8.36. The van der Waals surface area contributed by atoms with Crippen LogP contribution in [0.15, 0.2) is 30.3 Å². The van der Waals surface area contributed by atoms with Crippen molar-refractivity contribution in [2.24, 2.45) is 0 Å². The molecule has 1 aromatic rings. The summed E-state index contributed by atoms with van der Waals surface area (Å²) in [6.07, 6.45) is 4.05. The van der Waals surface area contributed by atoms with Crippen molar-refractivity contribution in [1.82, 2.24) is 10.2 Å². The molecule has 1 N–H and O–H groups in total. The van der Waals surface area contributed by atoms with Crippen LogP contribution in [0.5, 0.6) is 0 Å². The van der Waals surface area contributed by atoms with E-state index in [9.17, 15) is 0 Å². The van der Waals surface area contributed by atoms with Crippen molar-refractivity contribution in [2.45, 2.75) is 32.2 Å². The highest BCUT2D eigenvalue weighted by Gasteiger charge is 2.10. The van der Waals surface area contributed by atoms with Gasteiger partial charge in [-0.1, -0.05) is 30.3 Å². The van der Waals surface area contributed by atoms with Crippen molar-refractivity contribution < 1.29 is 0 Å². The molecule has 1 aliphatic heterocycles. The Morgan fingerprint density at radius 2 is 1.88 bits per heavy atom. The van der Waals surface area contributed by atoms with Gasteiger partial charge in [0.1, 0.15) is 0 Å². The third kappa shape index (κ3) is 4.14. The minimum absolute atomic E-state index is 0.467. The lowest BCUT2D eigenvalue weighted by Gasteiger charge is -2.17. The first-order valence-corrected chi connectivity index (χ1v) is 6.87. The maximum Gasteiger partial charge on any atom is 0.0291 e. The Morgan fingerprint density at radius 3 is 2.59 bits per heavy atom. The molecular weight excluding hydrogens is 208 g/mol. The summed E-state index contributed by atoms with van der Waals surface area (Å²) in [4.78, 5) is 2.58. The molecule has 1 saturated heterocycles. The van der Waals surface area contributed by atoms with Gasteiger partial charge in [0.25, 0.3) is 0 Å². The lowest BCUT2D eigenvalue weighted by atomic mass is 10.1. The van der Waals surface area contributed by atoms with Crippen molar-refractivity contribution in [2.75, 3.05) is 26.2 Å². The average Bonchev–Trinajstić information content (AvgIpc) is 2.88. The highest BCUT2D eigenvalue weighted by atomic mass is 15.1. The van der Waals surface area contributed by atoms with E-state index in [1.54, 1.807) is 0 Å². The summed E-state index contributed by atoms with van der Waals surface area (Å²) in [5.41, 5.74) is 1.38. The number of rotatable bonds is 6. The van der Waals surface area contributed by atoms with Gasteiger partial charge in [-0.15, -0.1) is 0 Å². The van der Waals surface area contributed by atoms with Crippen LogP contribution in [0, 0.1) is 0 Å². The van der Waals surface area contributed by atoms with E-state index in [-0.39, 0.29) is 0 Å². The Morgan fingerprint density at radius 1 is 1.18 bits per heavy atom. The SMILES string of the molecule is CC(NCCCN1CCCC1)c1ccccc1. The molecule has 17 heavy (non-hydrogen) atoms. The molecule has 0 aliphatic carbocycles. The van der Waals surface area contributed by atoms with Crippen LogP contribution in [0.4, 0.5) is 0 Å². The highest BCUT2D eigenvalue weighted by Crippen LogP contribution is 2.11. The lowest BCUT2D eigenvalue weighted by molar-refractivity contribution is 0.328. The molecule has 0 spiro atoms. The number of benzene rings is 1. The fourth-order valence-electron chi connectivity index (χ4n) is 2.49. The van der Waals surface area contributed by atoms with Crippen molar-refractivity contribution in [3.63, 3.8) is 0 Å². The third-order valence-electron chi connectivity index (χ3n) is 3.60. The largest absolute Gasteiger partial charge is 0.310 e. The molecule has 0 amide bonds. The normalized spacial score (nSPS) is 18.4. The molecule has 1 aliphatic rings. The second-order valence-electron chi connectivity index (χ2n) is 4.99. The van der Waals surface area contributed by atoms with Gasteiger partial charge in [0.05, 0.1) is 0 Å². The number of hydrogen-bond acceptors (Lipinski definition) is 2. The fraction of sp³-hybridized carbons (Fsp3) is 0.600. The topological polar surface area (TPSA) is 15.3 Å². The molecule has 1 atom stereocenters. The number of likely N-dealkylation sites (tertiary alicyclic amines) is 1. The minimum Gasteiger partial charge on any atom is -0.310 e. The van der Waals surface area contributed by atoms with E-state index in [0.717, 1.165) is 6.54 Å². The van der Waals surface area contributed by atoms with Gasteiger partial charge in [0, 0.05) is 6.04 Å². The van der Waals surface area contributed by atoms with Gasteiger partial charge >= 0.3 is 0 Å². The summed E-state index contributed by atoms with van der Waals surface area (Å²) in [6, 6.07) is 11.1. The first-order valence-electron chi connectivity index (χ1n) is 6.87. The second kappa shape index (κ2) is 6.77. The maximum atomic E-state index is 3.60. The standard InChI is InChI=1S/C15H24N2/c1-14(15-8-3-2-4-9-15)16-10-7-13-17-11-5-6-12-17/h2-4,8-9,14,16H,5-7,10-13H2,1H3. The van der Waals surface area contributed by atoms with Crippen LogP contribution in [-0.2, 0) is 0 Å². The zero-order valence-electron chi connectivity index (χ0n) is 10.9. The molecular formula is C15H24N2. The van der Waals surface area contributed by atoms with Crippen LogP contribution in [0.1, 0.15) is 37.8 Å². The Labute approximate surface area is 105 Å². The number of hydrogen-bond donors (Lipinski definition) is 1. The summed E-state index contributed by atoms with van der Waals surface area (Å²) in [5.74, 6) is 0. The summed E-state index contributed by atoms with van der Waals surface area (Å²) in [7, 11) is 0. The van der Waals surface area contributed by atoms with Crippen LogP contribution >= 0.6 is 0 Å². The fourth-order valence-corrected chi connectivity index (χ4v) is 2.49. The molecule has 0 bridgehead atoms. The van der Waals surface area contributed by atoms with Crippen LogP contribution in [0.25, 0.3) is 0 Å². The van der Waals surface area contributed by atoms with Crippen molar-refractivity contribution in [1.29, 1.82) is 0 Å². The average molecular weight is 232 g/mol. The zero-order chi connectivity index (χ0) is 11.9. The Balaban J connectivity index is 1.61. The lowest BCUT2D eigenvalue weighted by Crippen LogP contribution is -2.26. The van der Waals surface area contributed by atoms with Gasteiger partial charge in [-0.2, -0.15) is 0 Å². The van der Waals surface area contributed by atoms with Gasteiger partial charge in [-0.05, 0) is 57.9 Å². The summed E-state index contributed by atoms with van der Waals surface area (Å²) in [5, 5.41) is 3.60. The predicted molar refractivity (Wildman–Crippen MR) is 73.2 cm³/mol. The smallest absolute Gasteiger partial charge is 0.0291 e. The monoisotopic (exact) mass is 232 g/mol. The van der Waals surface area contributed by atoms with Crippen LogP contribution in [-0.4, -0.2) is 31.1 Å². The molecule has 1 fully saturated rings. The third-order valence-corrected chi connectivity index (χ3v) is 3.60. The summed E-state index contributed by atoms with van der Waals surface area (Å²) < 4.78 is 0. The van der Waals surface area contributed by atoms with E-state index in [4.69, 9.17) is 0 Å². The van der Waals surface area contributed by atoms with Crippen molar-refractivity contribution >= 4 is 0 Å². The maximum absolute atomic E-state index is 3.60. The van der Waals surface area contributed by atoms with E-state index in [1.807, 2.05) is 0 Å². The summed E-state index contributed by atoms with van der Waals surface area (Å²) in [6.45, 7) is 7.24. The summed E-state index contributed by atoms with van der Waals surface area (Å²) >= 11 is 0. The Hall–Kier alpha value is -0.860. The molecule has 1 unspecified atom stereocenters. The van der Waals surface area contributed by atoms with E-state index in [0.29, 0.717) is 6.04 Å². The van der Waals surface area contributed by atoms with E-state index < -0.39 is 0 Å². The van der Waals surface area contributed by atoms with Gasteiger partial charge < -0.3 is 10.2 Å². The minimum atomic E-state index is 0.467. The Bertz CT molecular complexity index is 304. The van der Waals surface area contributed by atoms with Crippen molar-refractivity contribution in [3.8, 4) is 0 Å². The van der Waals surface area contributed by atoms with Gasteiger partial charge in [-0.3, -0.25) is 0 Å². The van der Waals surface area contributed by atoms with Crippen molar-refractivity contribution in [3.05, 3.63) is 35.9 Å². The molecule has 0 radical (unpaired) electrons. The molecule has 0 saturated carbocycles. The zero-order valence-corrected chi connectivity index (χ0v) is 10.9. The predicted octanol–water partition coefficient (Wildman–Crippen LogP) is 2.82. The second-order valence-corrected chi connectivity index (χ2v) is 4.99. The van der Waals surface area contributed by atoms with Crippen LogP contribution in [0.2, 0.25) is 0 Å². The van der Waals surface area contributed by atoms with Gasteiger partial charge in [0.15, 0.2) is 0 Å². The number of nitrogens with one attached hydrogen (secondary N) is 1. The van der Waals surface area contributed by atoms with E-state index in [2.05, 4.69) is 47.5 Å². The molecule has 1 heterocycles. The van der Waals surface area contributed by atoms with E-state index >= 15 is 0 Å². The molecule has 0 aromatic heterocycles. The molecule has 1 aromatic carbocycles. The van der Waals surface area contributed by atoms with E-state index in [1.165, 1.54) is 44.5 Å². The quantitative estimate of drug-likeness (QED) is 0.759. The first kappa shape index (κ1) is 12.6. The van der Waals surface area contributed by atoms with Gasteiger partial charge in [0.2, 0.25) is 0 Å². The van der Waals surface area contributed by atoms with Crippen LogP contribution in [0.3, 0.4) is 0 Å². The molecule has 2 nitrogen and oxygen atoms in total. The highest BCUT2D eigenvalue weighted by molar-refractivity contribution is 5.17.